The number of imidazole rings is 1. The first-order valence-electron chi connectivity index (χ1n) is 7.90. The molecule has 0 aliphatic carbocycles. The first-order chi connectivity index (χ1) is 10.6. The van der Waals surface area contributed by atoms with Crippen LogP contribution in [0, 0.1) is 5.92 Å². The number of carbonyl (C=O) groups is 1. The van der Waals surface area contributed by atoms with Gasteiger partial charge in [-0.2, -0.15) is 0 Å². The second-order valence-electron chi connectivity index (χ2n) is 6.39. The van der Waals surface area contributed by atoms with E-state index in [1.54, 1.807) is 0 Å². The lowest BCUT2D eigenvalue weighted by Gasteiger charge is -2.33. The number of carbonyl (C=O) groups excluding carboxylic acids is 1. The third-order valence-electron chi connectivity index (χ3n) is 4.24. The van der Waals surface area contributed by atoms with Crippen molar-refractivity contribution in [1.29, 1.82) is 0 Å². The van der Waals surface area contributed by atoms with Gasteiger partial charge in [-0.15, -0.1) is 0 Å². The van der Waals surface area contributed by atoms with Crippen LogP contribution < -0.4 is 0 Å². The second kappa shape index (κ2) is 6.66. The van der Waals surface area contributed by atoms with Crippen LogP contribution in [0.25, 0.3) is 0 Å². The van der Waals surface area contributed by atoms with Crippen LogP contribution in [-0.4, -0.2) is 83.8 Å². The van der Waals surface area contributed by atoms with Crippen LogP contribution in [0.5, 0.6) is 0 Å². The van der Waals surface area contributed by atoms with Crippen molar-refractivity contribution >= 4 is 6.03 Å². The lowest BCUT2D eigenvalue weighted by molar-refractivity contribution is 0.0410. The predicted molar refractivity (Wildman–Crippen MR) is 82.5 cm³/mol. The fraction of sp³-hybridized carbons (Fsp3) is 0.733. The third kappa shape index (κ3) is 3.41. The van der Waals surface area contributed by atoms with Crippen molar-refractivity contribution in [3.05, 3.63) is 18.2 Å². The topological polar surface area (TPSA) is 53.8 Å². The van der Waals surface area contributed by atoms with Crippen LogP contribution in [0.4, 0.5) is 4.79 Å². The molecular formula is C15H25N5O2. The van der Waals surface area contributed by atoms with Gasteiger partial charge in [-0.3, -0.25) is 0 Å². The van der Waals surface area contributed by atoms with Crippen molar-refractivity contribution < 1.29 is 9.53 Å². The average molecular weight is 307 g/mol. The molecule has 0 radical (unpaired) electrons. The fourth-order valence-electron chi connectivity index (χ4n) is 3.27. The van der Waals surface area contributed by atoms with E-state index in [1.807, 2.05) is 22.2 Å². The molecule has 2 amide bonds. The summed E-state index contributed by atoms with van der Waals surface area (Å²) in [6.07, 6.45) is 3.84. The minimum absolute atomic E-state index is 0.114. The summed E-state index contributed by atoms with van der Waals surface area (Å²) in [7, 11) is 4.15. The summed E-state index contributed by atoms with van der Waals surface area (Å²) in [4.78, 5) is 23.3. The van der Waals surface area contributed by atoms with Gasteiger partial charge in [0.15, 0.2) is 0 Å². The number of ether oxygens (including phenoxy) is 1. The van der Waals surface area contributed by atoms with E-state index in [0.717, 1.165) is 25.5 Å². The zero-order valence-electron chi connectivity index (χ0n) is 13.4. The molecule has 0 bridgehead atoms. The molecule has 1 atom stereocenters. The number of urea groups is 1. The van der Waals surface area contributed by atoms with Crippen LogP contribution in [0.15, 0.2) is 12.4 Å². The Labute approximate surface area is 131 Å². The van der Waals surface area contributed by atoms with Gasteiger partial charge in [-0.25, -0.2) is 9.78 Å². The van der Waals surface area contributed by atoms with Gasteiger partial charge in [0.05, 0.1) is 19.8 Å². The molecule has 7 heteroatoms. The zero-order valence-corrected chi connectivity index (χ0v) is 13.4. The summed E-state index contributed by atoms with van der Waals surface area (Å²) in [6, 6.07) is 0.114. The first kappa shape index (κ1) is 15.3. The Bertz CT molecular complexity index is 510. The third-order valence-corrected chi connectivity index (χ3v) is 4.24. The van der Waals surface area contributed by atoms with Crippen molar-refractivity contribution in [3.8, 4) is 0 Å². The number of hydrogen-bond donors (Lipinski definition) is 0. The molecule has 1 saturated heterocycles. The zero-order chi connectivity index (χ0) is 15.5. The van der Waals surface area contributed by atoms with E-state index in [4.69, 9.17) is 4.74 Å². The molecular weight excluding hydrogens is 282 g/mol. The SMILES string of the molecule is CN(C)CC1CN(C(=O)N2CCOCC2)Cc2nccn2C1. The molecule has 3 heterocycles. The maximum absolute atomic E-state index is 12.8. The Balaban J connectivity index is 1.75. The van der Waals surface area contributed by atoms with Crippen molar-refractivity contribution in [2.45, 2.75) is 13.1 Å². The molecule has 2 aliphatic rings. The van der Waals surface area contributed by atoms with Crippen molar-refractivity contribution in [2.24, 2.45) is 5.92 Å². The summed E-state index contributed by atoms with van der Waals surface area (Å²) < 4.78 is 7.53. The molecule has 0 N–H and O–H groups in total. The molecule has 0 spiro atoms. The van der Waals surface area contributed by atoms with Gasteiger partial charge in [-0.1, -0.05) is 0 Å². The van der Waals surface area contributed by atoms with Crippen LogP contribution in [0.1, 0.15) is 5.82 Å². The first-order valence-corrected chi connectivity index (χ1v) is 7.90. The molecule has 1 fully saturated rings. The highest BCUT2D eigenvalue weighted by molar-refractivity contribution is 5.74. The molecule has 1 aromatic heterocycles. The highest BCUT2D eigenvalue weighted by Crippen LogP contribution is 2.18. The number of morpholine rings is 1. The lowest BCUT2D eigenvalue weighted by atomic mass is 10.1. The number of hydrogen-bond acceptors (Lipinski definition) is 4. The summed E-state index contributed by atoms with van der Waals surface area (Å²) >= 11 is 0. The number of amides is 2. The van der Waals surface area contributed by atoms with E-state index in [2.05, 4.69) is 28.5 Å². The molecule has 122 valence electrons. The van der Waals surface area contributed by atoms with E-state index in [9.17, 15) is 4.79 Å². The normalized spacial score (nSPS) is 22.6. The lowest BCUT2D eigenvalue weighted by Crippen LogP contribution is -2.49. The Morgan fingerprint density at radius 2 is 2.09 bits per heavy atom. The van der Waals surface area contributed by atoms with Crippen molar-refractivity contribution in [3.63, 3.8) is 0 Å². The maximum Gasteiger partial charge on any atom is 0.320 e. The summed E-state index contributed by atoms with van der Waals surface area (Å²) in [6.45, 7) is 5.88. The predicted octanol–water partition coefficient (Wildman–Crippen LogP) is 0.329. The van der Waals surface area contributed by atoms with E-state index < -0.39 is 0 Å². The van der Waals surface area contributed by atoms with Crippen LogP contribution in [-0.2, 0) is 17.8 Å². The molecule has 0 aromatic carbocycles. The van der Waals surface area contributed by atoms with Gasteiger partial charge in [0.1, 0.15) is 5.82 Å². The van der Waals surface area contributed by atoms with Gasteiger partial charge in [0.25, 0.3) is 0 Å². The van der Waals surface area contributed by atoms with E-state index >= 15 is 0 Å². The number of rotatable bonds is 2. The monoisotopic (exact) mass is 307 g/mol. The van der Waals surface area contributed by atoms with Gasteiger partial charge in [-0.05, 0) is 14.1 Å². The molecule has 1 unspecified atom stereocenters. The van der Waals surface area contributed by atoms with Crippen LogP contribution in [0.3, 0.4) is 0 Å². The Hall–Kier alpha value is -1.60. The Morgan fingerprint density at radius 1 is 1.32 bits per heavy atom. The fourth-order valence-corrected chi connectivity index (χ4v) is 3.27. The Morgan fingerprint density at radius 3 is 2.82 bits per heavy atom. The minimum Gasteiger partial charge on any atom is -0.378 e. The Kier molecular flexibility index (Phi) is 4.63. The summed E-state index contributed by atoms with van der Waals surface area (Å²) in [5.74, 6) is 1.39. The molecule has 22 heavy (non-hydrogen) atoms. The molecule has 7 nitrogen and oxygen atoms in total. The second-order valence-corrected chi connectivity index (χ2v) is 6.39. The van der Waals surface area contributed by atoms with Crippen LogP contribution in [0.2, 0.25) is 0 Å². The quantitative estimate of drug-likeness (QED) is 0.790. The van der Waals surface area contributed by atoms with Gasteiger partial charge < -0.3 is 24.0 Å². The van der Waals surface area contributed by atoms with Gasteiger partial charge >= 0.3 is 6.03 Å². The average Bonchev–Trinajstić information content (AvgIpc) is 2.86. The highest BCUT2D eigenvalue weighted by atomic mass is 16.5. The number of aromatic nitrogens is 2. The summed E-state index contributed by atoms with van der Waals surface area (Å²) in [5, 5.41) is 0. The van der Waals surface area contributed by atoms with Gasteiger partial charge in [0.2, 0.25) is 0 Å². The number of nitrogens with zero attached hydrogens (tertiary/aromatic N) is 5. The molecule has 1 aromatic rings. The molecule has 2 aliphatic heterocycles. The van der Waals surface area contributed by atoms with E-state index in [-0.39, 0.29) is 6.03 Å². The standard InChI is InChI=1S/C15H25N5O2/c1-17(2)9-13-10-19-4-3-16-14(19)12-20(11-13)15(21)18-5-7-22-8-6-18/h3-4,13H,5-12H2,1-2H3. The van der Waals surface area contributed by atoms with Crippen molar-refractivity contribution in [1.82, 2.24) is 24.3 Å². The molecule has 3 rings (SSSR count). The van der Waals surface area contributed by atoms with Crippen LogP contribution >= 0.6 is 0 Å². The summed E-state index contributed by atoms with van der Waals surface area (Å²) in [5.41, 5.74) is 0. The number of fused-ring (bicyclic) bond motifs is 1. The van der Waals surface area contributed by atoms with Gasteiger partial charge in [0, 0.05) is 51.0 Å². The van der Waals surface area contributed by atoms with Crippen molar-refractivity contribution in [2.75, 3.05) is 53.5 Å². The largest absolute Gasteiger partial charge is 0.378 e. The van der Waals surface area contributed by atoms with E-state index in [1.165, 1.54) is 0 Å². The maximum atomic E-state index is 12.8. The molecule has 0 saturated carbocycles. The highest BCUT2D eigenvalue weighted by Gasteiger charge is 2.29. The smallest absolute Gasteiger partial charge is 0.320 e. The van der Waals surface area contributed by atoms with E-state index in [0.29, 0.717) is 38.8 Å². The minimum atomic E-state index is 0.114.